The van der Waals surface area contributed by atoms with E-state index >= 15 is 0 Å². The molecule has 5 aromatic carbocycles. The van der Waals surface area contributed by atoms with Crippen LogP contribution in [0.5, 0.6) is 5.75 Å². The van der Waals surface area contributed by atoms with E-state index < -0.39 is 0 Å². The summed E-state index contributed by atoms with van der Waals surface area (Å²) in [7, 11) is 0. The van der Waals surface area contributed by atoms with Gasteiger partial charge in [0.1, 0.15) is 10.8 Å². The molecule has 0 aliphatic rings. The maximum atomic E-state index is 11.6. The smallest absolute Gasteiger partial charge is 0.128 e. The van der Waals surface area contributed by atoms with Crippen LogP contribution < -0.4 is 0 Å². The number of benzene rings is 5. The van der Waals surface area contributed by atoms with Gasteiger partial charge in [-0.2, -0.15) is 0 Å². The Morgan fingerprint density at radius 2 is 1.33 bits per heavy atom. The van der Waals surface area contributed by atoms with Crippen molar-refractivity contribution in [3.63, 3.8) is 0 Å². The Morgan fingerprint density at radius 3 is 1.98 bits per heavy atom. The van der Waals surface area contributed by atoms with E-state index in [9.17, 15) is 5.11 Å². The van der Waals surface area contributed by atoms with Gasteiger partial charge in [-0.25, -0.2) is 4.98 Å². The molecule has 0 fully saturated rings. The maximum absolute atomic E-state index is 11.6. The summed E-state index contributed by atoms with van der Waals surface area (Å²) in [6.07, 6.45) is 1.84. The van der Waals surface area contributed by atoms with Gasteiger partial charge in [0.25, 0.3) is 0 Å². The number of hydrogen-bond donors (Lipinski definition) is 1. The third-order valence-corrected chi connectivity index (χ3v) is 10.2. The van der Waals surface area contributed by atoms with Crippen LogP contribution in [0.2, 0.25) is 0 Å². The van der Waals surface area contributed by atoms with Gasteiger partial charge in [-0.15, -0.1) is 11.3 Å². The lowest BCUT2D eigenvalue weighted by atomic mass is 9.79. The Hall–Kier alpha value is -4.28. The van der Waals surface area contributed by atoms with E-state index in [4.69, 9.17) is 9.98 Å². The number of aliphatic imine (C=N–C) groups is 1. The van der Waals surface area contributed by atoms with Gasteiger partial charge in [0.05, 0.1) is 15.9 Å². The summed E-state index contributed by atoms with van der Waals surface area (Å²) >= 11 is 1.72. The van der Waals surface area contributed by atoms with Crippen molar-refractivity contribution in [3.05, 3.63) is 112 Å². The van der Waals surface area contributed by atoms with Crippen LogP contribution in [-0.2, 0) is 16.2 Å². The van der Waals surface area contributed by atoms with Crippen molar-refractivity contribution in [1.82, 2.24) is 4.98 Å². The largest absolute Gasteiger partial charge is 0.507 e. The summed E-state index contributed by atoms with van der Waals surface area (Å²) < 4.78 is 1.17. The van der Waals surface area contributed by atoms with Crippen LogP contribution in [0.15, 0.2) is 83.9 Å². The molecule has 0 unspecified atom stereocenters. The average Bonchev–Trinajstić information content (AvgIpc) is 3.42. The molecule has 0 radical (unpaired) electrons. The van der Waals surface area contributed by atoms with Crippen LogP contribution in [0.1, 0.15) is 95.7 Å². The second kappa shape index (κ2) is 12.0. The number of thiazole rings is 1. The van der Waals surface area contributed by atoms with Gasteiger partial charge in [0, 0.05) is 33.9 Å². The monoisotopic (exact) mass is 652 g/mol. The van der Waals surface area contributed by atoms with Crippen molar-refractivity contribution < 1.29 is 5.11 Å². The molecule has 0 bridgehead atoms. The number of aromatic nitrogens is 1. The normalized spacial score (nSPS) is 12.9. The summed E-state index contributed by atoms with van der Waals surface area (Å²) in [4.78, 5) is 10.6. The van der Waals surface area contributed by atoms with Crippen LogP contribution in [0.4, 0.5) is 5.69 Å². The van der Waals surface area contributed by atoms with E-state index in [2.05, 4.69) is 155 Å². The second-order valence-electron chi connectivity index (χ2n) is 16.4. The molecule has 3 nitrogen and oxygen atoms in total. The fourth-order valence-corrected chi connectivity index (χ4v) is 7.45. The van der Waals surface area contributed by atoms with Crippen LogP contribution in [0, 0.1) is 13.8 Å². The number of hydrogen-bond acceptors (Lipinski definition) is 4. The topological polar surface area (TPSA) is 45.5 Å². The minimum absolute atomic E-state index is 0.0140. The molecule has 6 rings (SSSR count). The first kappa shape index (κ1) is 33.6. The van der Waals surface area contributed by atoms with E-state index in [-0.39, 0.29) is 22.0 Å². The highest BCUT2D eigenvalue weighted by molar-refractivity contribution is 7.21. The Labute approximate surface area is 290 Å². The minimum atomic E-state index is -0.223. The molecule has 4 heteroatoms. The van der Waals surface area contributed by atoms with E-state index in [1.165, 1.54) is 32.5 Å². The first-order valence-corrected chi connectivity index (χ1v) is 17.7. The van der Waals surface area contributed by atoms with Crippen molar-refractivity contribution in [3.8, 4) is 27.4 Å². The molecule has 0 aliphatic carbocycles. The molecule has 0 saturated carbocycles. The molecule has 1 heterocycles. The van der Waals surface area contributed by atoms with Crippen molar-refractivity contribution >= 4 is 44.2 Å². The van der Waals surface area contributed by atoms with Crippen LogP contribution in [0.3, 0.4) is 0 Å². The minimum Gasteiger partial charge on any atom is -0.507 e. The predicted octanol–water partition coefficient (Wildman–Crippen LogP) is 12.7. The summed E-state index contributed by atoms with van der Waals surface area (Å²) in [6, 6.07) is 28.3. The van der Waals surface area contributed by atoms with Crippen molar-refractivity contribution in [1.29, 1.82) is 0 Å². The Kier molecular flexibility index (Phi) is 8.40. The molecule has 48 heavy (non-hydrogen) atoms. The van der Waals surface area contributed by atoms with E-state index in [1.54, 1.807) is 11.3 Å². The fourth-order valence-electron chi connectivity index (χ4n) is 6.39. The van der Waals surface area contributed by atoms with E-state index in [0.29, 0.717) is 0 Å². The third-order valence-electron chi connectivity index (χ3n) is 9.17. The number of aromatic hydroxyl groups is 1. The van der Waals surface area contributed by atoms with Gasteiger partial charge in [-0.05, 0) is 76.4 Å². The molecule has 0 spiro atoms. The fraction of sp³-hybridized carbons (Fsp3) is 0.318. The zero-order valence-electron chi connectivity index (χ0n) is 30.3. The standard InChI is InChI=1S/C44H48N2OS/c1-26-18-27(2)20-29(19-26)35-22-32(43(6,7)8)24-37-39(35)46-41(48-37)34-17-16-28-14-12-13-15-33(28)38(34)45-25-30-21-31(42(3,4)5)23-36(40(30)47)44(9,10)11/h12-25,47H,1-11H3. The van der Waals surface area contributed by atoms with Gasteiger partial charge in [0.15, 0.2) is 0 Å². The van der Waals surface area contributed by atoms with Gasteiger partial charge in [-0.1, -0.05) is 128 Å². The van der Waals surface area contributed by atoms with E-state index in [1.807, 2.05) is 6.21 Å². The summed E-state index contributed by atoms with van der Waals surface area (Å²) in [6.45, 7) is 24.2. The summed E-state index contributed by atoms with van der Waals surface area (Å²) in [5.41, 5.74) is 11.5. The van der Waals surface area contributed by atoms with Crippen molar-refractivity contribution in [2.45, 2.75) is 92.4 Å². The molecule has 0 atom stereocenters. The Balaban J connectivity index is 1.59. The van der Waals surface area contributed by atoms with Crippen molar-refractivity contribution in [2.75, 3.05) is 0 Å². The lowest BCUT2D eigenvalue weighted by Crippen LogP contribution is -2.17. The number of nitrogens with zero attached hydrogens (tertiary/aromatic N) is 2. The molecule has 0 amide bonds. The maximum Gasteiger partial charge on any atom is 0.128 e. The highest BCUT2D eigenvalue weighted by Crippen LogP contribution is 2.44. The lowest BCUT2D eigenvalue weighted by Gasteiger charge is -2.27. The number of phenols is 1. The lowest BCUT2D eigenvalue weighted by molar-refractivity contribution is 0.444. The second-order valence-corrected chi connectivity index (χ2v) is 17.4. The molecule has 1 N–H and O–H groups in total. The molecule has 0 saturated heterocycles. The summed E-state index contributed by atoms with van der Waals surface area (Å²) in [5.74, 6) is 0.286. The zero-order valence-corrected chi connectivity index (χ0v) is 31.1. The SMILES string of the molecule is Cc1cc(C)cc(-c2cc(C(C)(C)C)cc3sc(-c4ccc5ccccc5c4N=Cc4cc(C(C)(C)C)cc(C(C)(C)C)c4O)nc23)c1. The number of phenolic OH excluding ortho intramolecular Hbond substituents is 1. The van der Waals surface area contributed by atoms with Gasteiger partial charge >= 0.3 is 0 Å². The van der Waals surface area contributed by atoms with E-state index in [0.717, 1.165) is 49.2 Å². The van der Waals surface area contributed by atoms with Gasteiger partial charge in [-0.3, -0.25) is 4.99 Å². The van der Waals surface area contributed by atoms with Crippen molar-refractivity contribution in [2.24, 2.45) is 4.99 Å². The number of fused-ring (bicyclic) bond motifs is 2. The number of rotatable bonds is 4. The van der Waals surface area contributed by atoms with Crippen LogP contribution >= 0.6 is 11.3 Å². The zero-order chi connectivity index (χ0) is 34.8. The highest BCUT2D eigenvalue weighted by Gasteiger charge is 2.25. The highest BCUT2D eigenvalue weighted by atomic mass is 32.1. The number of aryl methyl sites for hydroxylation is 2. The Bertz CT molecular complexity index is 2190. The van der Waals surface area contributed by atoms with Gasteiger partial charge < -0.3 is 5.11 Å². The molecule has 246 valence electrons. The average molecular weight is 653 g/mol. The molecule has 0 aliphatic heterocycles. The Morgan fingerprint density at radius 1 is 0.688 bits per heavy atom. The summed E-state index contributed by atoms with van der Waals surface area (Å²) in [5, 5.41) is 14.7. The van der Waals surface area contributed by atoms with Crippen LogP contribution in [0.25, 0.3) is 42.7 Å². The van der Waals surface area contributed by atoms with Gasteiger partial charge in [0.2, 0.25) is 0 Å². The quantitative estimate of drug-likeness (QED) is 0.193. The molecular weight excluding hydrogens is 605 g/mol. The first-order chi connectivity index (χ1) is 22.4. The molecule has 1 aromatic heterocycles. The van der Waals surface area contributed by atoms with Crippen LogP contribution in [-0.4, -0.2) is 16.3 Å². The molecular formula is C44H48N2OS. The third kappa shape index (κ3) is 6.56. The predicted molar refractivity (Wildman–Crippen MR) is 209 cm³/mol. The first-order valence-electron chi connectivity index (χ1n) is 16.9. The molecule has 6 aromatic rings.